The minimum atomic E-state index is 0.501. The van der Waals surface area contributed by atoms with Crippen LogP contribution in [0.2, 0.25) is 10.0 Å². The van der Waals surface area contributed by atoms with Gasteiger partial charge in [0.15, 0.2) is 0 Å². The second-order valence-electron chi connectivity index (χ2n) is 5.31. The number of rotatable bonds is 5. The van der Waals surface area contributed by atoms with E-state index in [1.165, 1.54) is 0 Å². The van der Waals surface area contributed by atoms with Gasteiger partial charge in [0.2, 0.25) is 5.95 Å². The highest BCUT2D eigenvalue weighted by Crippen LogP contribution is 2.27. The Morgan fingerprint density at radius 1 is 1.12 bits per heavy atom. The Bertz CT molecular complexity index is 841. The Kier molecular flexibility index (Phi) is 4.97. The van der Waals surface area contributed by atoms with Gasteiger partial charge in [0.25, 0.3) is 0 Å². The van der Waals surface area contributed by atoms with Gasteiger partial charge in [0.05, 0.1) is 19.0 Å². The Hall–Kier alpha value is -2.17. The molecule has 0 radical (unpaired) electrons. The summed E-state index contributed by atoms with van der Waals surface area (Å²) in [5.74, 6) is 1.55. The lowest BCUT2D eigenvalue weighted by molar-refractivity contribution is 0.415. The summed E-state index contributed by atoms with van der Waals surface area (Å²) >= 11 is 12.4. The quantitative estimate of drug-likeness (QED) is 0.693. The maximum absolute atomic E-state index is 6.20. The van der Waals surface area contributed by atoms with Gasteiger partial charge in [0, 0.05) is 34.8 Å². The van der Waals surface area contributed by atoms with Crippen molar-refractivity contribution in [2.75, 3.05) is 12.4 Å². The summed E-state index contributed by atoms with van der Waals surface area (Å²) in [6, 6.07) is 13.3. The highest BCUT2D eigenvalue weighted by atomic mass is 35.5. The maximum atomic E-state index is 6.20. The number of hydrogen-bond acceptors (Lipinski definition) is 3. The second-order valence-corrected chi connectivity index (χ2v) is 6.13. The number of nitrogens with one attached hydrogen (secondary N) is 1. The van der Waals surface area contributed by atoms with Crippen molar-refractivity contribution in [2.24, 2.45) is 7.05 Å². The molecule has 3 aromatic rings. The summed E-state index contributed by atoms with van der Waals surface area (Å²) < 4.78 is 7.27. The molecule has 1 heterocycles. The molecule has 2 aromatic carbocycles. The van der Waals surface area contributed by atoms with Crippen molar-refractivity contribution in [3.63, 3.8) is 0 Å². The molecule has 3 rings (SSSR count). The predicted octanol–water partition coefficient (Wildman–Crippen LogP) is 5.01. The van der Waals surface area contributed by atoms with Gasteiger partial charge in [-0.15, -0.1) is 0 Å². The monoisotopic (exact) mass is 361 g/mol. The zero-order valence-corrected chi connectivity index (χ0v) is 14.9. The average molecular weight is 362 g/mol. The fraction of sp³-hybridized carbons (Fsp3) is 0.167. The third-order valence-electron chi connectivity index (χ3n) is 3.84. The number of benzene rings is 2. The van der Waals surface area contributed by atoms with Crippen molar-refractivity contribution in [1.82, 2.24) is 9.55 Å². The molecule has 24 heavy (non-hydrogen) atoms. The molecular formula is C18H17Cl2N3O. The smallest absolute Gasteiger partial charge is 0.203 e. The number of ether oxygens (including phenoxy) is 1. The van der Waals surface area contributed by atoms with Crippen molar-refractivity contribution < 1.29 is 4.74 Å². The summed E-state index contributed by atoms with van der Waals surface area (Å²) in [5, 5.41) is 4.55. The van der Waals surface area contributed by atoms with Crippen LogP contribution >= 0.6 is 23.2 Å². The fourth-order valence-corrected chi connectivity index (χ4v) is 3.02. The normalized spacial score (nSPS) is 10.7. The van der Waals surface area contributed by atoms with Crippen LogP contribution in [0.1, 0.15) is 5.56 Å². The van der Waals surface area contributed by atoms with Gasteiger partial charge in [-0.2, -0.15) is 0 Å². The van der Waals surface area contributed by atoms with E-state index in [2.05, 4.69) is 10.3 Å². The molecule has 0 aliphatic carbocycles. The van der Waals surface area contributed by atoms with Crippen molar-refractivity contribution in [1.29, 1.82) is 0 Å². The van der Waals surface area contributed by atoms with Crippen LogP contribution in [0.3, 0.4) is 0 Å². The summed E-state index contributed by atoms with van der Waals surface area (Å²) in [6.45, 7) is 0.501. The SMILES string of the molecule is COc1cccc(-c2cnc(NCc3c(Cl)cccc3Cl)n2C)c1. The molecule has 0 amide bonds. The molecule has 1 aromatic heterocycles. The minimum Gasteiger partial charge on any atom is -0.497 e. The molecule has 0 saturated carbocycles. The minimum absolute atomic E-state index is 0.501. The first-order valence-electron chi connectivity index (χ1n) is 7.43. The van der Waals surface area contributed by atoms with Crippen LogP contribution in [-0.4, -0.2) is 16.7 Å². The van der Waals surface area contributed by atoms with Crippen molar-refractivity contribution >= 4 is 29.2 Å². The van der Waals surface area contributed by atoms with Gasteiger partial charge in [-0.25, -0.2) is 4.98 Å². The zero-order chi connectivity index (χ0) is 17.1. The first-order chi connectivity index (χ1) is 11.6. The standard InChI is InChI=1S/C18H17Cl2N3O/c1-23-17(12-5-3-6-13(9-12)24-2)11-22-18(23)21-10-14-15(19)7-4-8-16(14)20/h3-9,11H,10H2,1-2H3,(H,21,22). The number of imidazole rings is 1. The molecule has 0 bridgehead atoms. The van der Waals surface area contributed by atoms with Gasteiger partial charge >= 0.3 is 0 Å². The van der Waals surface area contributed by atoms with Gasteiger partial charge in [-0.05, 0) is 24.3 Å². The lowest BCUT2D eigenvalue weighted by Gasteiger charge is -2.11. The van der Waals surface area contributed by atoms with E-state index in [1.807, 2.05) is 60.3 Å². The lowest BCUT2D eigenvalue weighted by atomic mass is 10.1. The summed E-state index contributed by atoms with van der Waals surface area (Å²) in [5.41, 5.74) is 2.88. The zero-order valence-electron chi connectivity index (χ0n) is 13.4. The number of nitrogens with zero attached hydrogens (tertiary/aromatic N) is 2. The van der Waals surface area contributed by atoms with E-state index in [0.717, 1.165) is 28.5 Å². The molecule has 1 N–H and O–H groups in total. The molecule has 0 atom stereocenters. The Morgan fingerprint density at radius 2 is 1.83 bits per heavy atom. The Balaban J connectivity index is 1.82. The van der Waals surface area contributed by atoms with E-state index in [9.17, 15) is 0 Å². The van der Waals surface area contributed by atoms with Crippen molar-refractivity contribution in [3.8, 4) is 17.0 Å². The second kappa shape index (κ2) is 7.16. The van der Waals surface area contributed by atoms with Crippen LogP contribution in [0.25, 0.3) is 11.3 Å². The number of halogens is 2. The lowest BCUT2D eigenvalue weighted by Crippen LogP contribution is -2.06. The van der Waals surface area contributed by atoms with Gasteiger partial charge in [-0.1, -0.05) is 41.4 Å². The molecule has 4 nitrogen and oxygen atoms in total. The molecule has 0 fully saturated rings. The van der Waals surface area contributed by atoms with Crippen molar-refractivity contribution in [2.45, 2.75) is 6.54 Å². The van der Waals surface area contributed by atoms with Gasteiger partial charge in [-0.3, -0.25) is 0 Å². The first kappa shape index (κ1) is 16.7. The van der Waals surface area contributed by atoms with E-state index in [4.69, 9.17) is 27.9 Å². The average Bonchev–Trinajstić information content (AvgIpc) is 2.95. The largest absolute Gasteiger partial charge is 0.497 e. The van der Waals surface area contributed by atoms with E-state index >= 15 is 0 Å². The van der Waals surface area contributed by atoms with E-state index in [-0.39, 0.29) is 0 Å². The van der Waals surface area contributed by atoms with E-state index in [1.54, 1.807) is 7.11 Å². The van der Waals surface area contributed by atoms with Gasteiger partial charge < -0.3 is 14.6 Å². The summed E-state index contributed by atoms with van der Waals surface area (Å²) in [7, 11) is 3.61. The molecule has 0 aliphatic heterocycles. The fourth-order valence-electron chi connectivity index (χ4n) is 2.49. The molecule has 0 saturated heterocycles. The molecule has 124 valence electrons. The highest BCUT2D eigenvalue weighted by Gasteiger charge is 2.11. The topological polar surface area (TPSA) is 39.1 Å². The molecule has 0 spiro atoms. The third kappa shape index (κ3) is 3.35. The van der Waals surface area contributed by atoms with Crippen LogP contribution in [0, 0.1) is 0 Å². The maximum Gasteiger partial charge on any atom is 0.203 e. The van der Waals surface area contributed by atoms with Crippen LogP contribution in [0.4, 0.5) is 5.95 Å². The summed E-state index contributed by atoms with van der Waals surface area (Å²) in [4.78, 5) is 4.45. The van der Waals surface area contributed by atoms with Gasteiger partial charge in [0.1, 0.15) is 5.75 Å². The van der Waals surface area contributed by atoms with E-state index < -0.39 is 0 Å². The van der Waals surface area contributed by atoms with Crippen LogP contribution in [0.15, 0.2) is 48.7 Å². The van der Waals surface area contributed by atoms with Crippen LogP contribution in [-0.2, 0) is 13.6 Å². The molecule has 0 unspecified atom stereocenters. The Labute approximate surface area is 151 Å². The number of anilines is 1. The predicted molar refractivity (Wildman–Crippen MR) is 99.0 cm³/mol. The Morgan fingerprint density at radius 3 is 2.54 bits per heavy atom. The first-order valence-corrected chi connectivity index (χ1v) is 8.18. The van der Waals surface area contributed by atoms with Crippen LogP contribution in [0.5, 0.6) is 5.75 Å². The summed E-state index contributed by atoms with van der Waals surface area (Å²) in [6.07, 6.45) is 1.82. The highest BCUT2D eigenvalue weighted by molar-refractivity contribution is 6.36. The van der Waals surface area contributed by atoms with Crippen molar-refractivity contribution in [3.05, 3.63) is 64.3 Å². The number of methoxy groups -OCH3 is 1. The van der Waals surface area contributed by atoms with E-state index in [0.29, 0.717) is 16.6 Å². The molecular weight excluding hydrogens is 345 g/mol. The van der Waals surface area contributed by atoms with Crippen LogP contribution < -0.4 is 10.1 Å². The number of hydrogen-bond donors (Lipinski definition) is 1. The third-order valence-corrected chi connectivity index (χ3v) is 4.55. The molecule has 6 heteroatoms. The molecule has 0 aliphatic rings. The number of aromatic nitrogens is 2.